The predicted octanol–water partition coefficient (Wildman–Crippen LogP) is 3.34. The van der Waals surface area contributed by atoms with E-state index in [2.05, 4.69) is 10.5 Å². The number of nitro groups is 2. The maximum absolute atomic E-state index is 10.9. The third kappa shape index (κ3) is 3.42. The Morgan fingerprint density at radius 3 is 2.45 bits per heavy atom. The number of hydrazone groups is 1. The second-order valence-electron chi connectivity index (χ2n) is 4.39. The molecule has 22 heavy (non-hydrogen) atoms. The molecule has 2 aromatic rings. The van der Waals surface area contributed by atoms with Crippen molar-refractivity contribution in [3.05, 3.63) is 74.3 Å². The molecule has 2 rings (SSSR count). The van der Waals surface area contributed by atoms with Crippen molar-refractivity contribution in [3.8, 4) is 0 Å². The van der Waals surface area contributed by atoms with Crippen LogP contribution in [-0.4, -0.2) is 15.6 Å². The number of anilines is 1. The van der Waals surface area contributed by atoms with Crippen LogP contribution in [-0.2, 0) is 0 Å². The zero-order valence-corrected chi connectivity index (χ0v) is 11.6. The van der Waals surface area contributed by atoms with E-state index in [1.54, 1.807) is 31.2 Å². The van der Waals surface area contributed by atoms with E-state index in [4.69, 9.17) is 0 Å². The SMILES string of the molecule is CC(=NNc1ccccc1[N+](=O)[O-])c1cccc([N+](=O)[O-])c1. The maximum Gasteiger partial charge on any atom is 0.294 e. The third-order valence-corrected chi connectivity index (χ3v) is 2.92. The molecular formula is C14H12N4O4. The third-order valence-electron chi connectivity index (χ3n) is 2.92. The summed E-state index contributed by atoms with van der Waals surface area (Å²) in [5, 5.41) is 25.7. The van der Waals surface area contributed by atoms with Crippen molar-refractivity contribution in [2.45, 2.75) is 6.92 Å². The summed E-state index contributed by atoms with van der Waals surface area (Å²) in [4.78, 5) is 20.6. The first kappa shape index (κ1) is 15.1. The van der Waals surface area contributed by atoms with Gasteiger partial charge in [-0.3, -0.25) is 25.7 Å². The van der Waals surface area contributed by atoms with Gasteiger partial charge in [-0.05, 0) is 13.0 Å². The van der Waals surface area contributed by atoms with Crippen molar-refractivity contribution in [1.82, 2.24) is 0 Å². The van der Waals surface area contributed by atoms with E-state index < -0.39 is 9.85 Å². The predicted molar refractivity (Wildman–Crippen MR) is 82.0 cm³/mol. The van der Waals surface area contributed by atoms with E-state index in [-0.39, 0.29) is 17.1 Å². The summed E-state index contributed by atoms with van der Waals surface area (Å²) in [6.45, 7) is 1.65. The lowest BCUT2D eigenvalue weighted by molar-refractivity contribution is -0.384. The van der Waals surface area contributed by atoms with Crippen LogP contribution < -0.4 is 5.43 Å². The van der Waals surface area contributed by atoms with Gasteiger partial charge in [0.2, 0.25) is 0 Å². The molecule has 0 aliphatic carbocycles. The maximum atomic E-state index is 10.9. The highest BCUT2D eigenvalue weighted by Gasteiger charge is 2.12. The van der Waals surface area contributed by atoms with Gasteiger partial charge in [0.1, 0.15) is 5.69 Å². The molecule has 0 saturated carbocycles. The molecule has 0 aliphatic rings. The van der Waals surface area contributed by atoms with Gasteiger partial charge in [-0.25, -0.2) is 0 Å². The molecule has 0 atom stereocenters. The van der Waals surface area contributed by atoms with Crippen molar-refractivity contribution in [2.75, 3.05) is 5.43 Å². The Balaban J connectivity index is 2.25. The largest absolute Gasteiger partial charge is 0.294 e. The molecule has 112 valence electrons. The minimum absolute atomic E-state index is 0.0438. The molecule has 0 aliphatic heterocycles. The van der Waals surface area contributed by atoms with Gasteiger partial charge in [-0.1, -0.05) is 24.3 Å². The van der Waals surface area contributed by atoms with E-state index in [0.29, 0.717) is 11.3 Å². The number of nitrogens with one attached hydrogen (secondary N) is 1. The zero-order chi connectivity index (χ0) is 16.1. The summed E-state index contributed by atoms with van der Waals surface area (Å²) in [5.74, 6) is 0. The first-order valence-electron chi connectivity index (χ1n) is 6.27. The Kier molecular flexibility index (Phi) is 4.42. The van der Waals surface area contributed by atoms with Crippen LogP contribution in [0.4, 0.5) is 17.1 Å². The summed E-state index contributed by atoms with van der Waals surface area (Å²) in [6, 6.07) is 12.1. The van der Waals surface area contributed by atoms with Crippen LogP contribution in [0.5, 0.6) is 0 Å². The Hall–Kier alpha value is -3.29. The summed E-state index contributed by atoms with van der Waals surface area (Å²) in [7, 11) is 0. The summed E-state index contributed by atoms with van der Waals surface area (Å²) in [6.07, 6.45) is 0. The standard InChI is InChI=1S/C14H12N4O4/c1-10(11-5-4-6-12(9-11)17(19)20)15-16-13-7-2-3-8-14(13)18(21)22/h2-9,16H,1H3. The Bertz CT molecular complexity index is 758. The summed E-state index contributed by atoms with van der Waals surface area (Å²) >= 11 is 0. The van der Waals surface area contributed by atoms with Crippen molar-refractivity contribution in [1.29, 1.82) is 0 Å². The van der Waals surface area contributed by atoms with Crippen LogP contribution in [0.3, 0.4) is 0 Å². The second-order valence-corrected chi connectivity index (χ2v) is 4.39. The average Bonchev–Trinajstić information content (AvgIpc) is 2.52. The average molecular weight is 300 g/mol. The van der Waals surface area contributed by atoms with Crippen LogP contribution in [0.2, 0.25) is 0 Å². The van der Waals surface area contributed by atoms with Crippen LogP contribution >= 0.6 is 0 Å². The van der Waals surface area contributed by atoms with Gasteiger partial charge in [0.05, 0.1) is 15.6 Å². The highest BCUT2D eigenvalue weighted by molar-refractivity contribution is 5.99. The van der Waals surface area contributed by atoms with E-state index in [1.165, 1.54) is 24.3 Å². The molecule has 0 radical (unpaired) electrons. The van der Waals surface area contributed by atoms with Crippen LogP contribution in [0, 0.1) is 20.2 Å². The van der Waals surface area contributed by atoms with Crippen LogP contribution in [0.15, 0.2) is 53.6 Å². The molecule has 0 amide bonds. The first-order chi connectivity index (χ1) is 10.5. The van der Waals surface area contributed by atoms with Gasteiger partial charge in [0, 0.05) is 23.8 Å². The molecule has 0 unspecified atom stereocenters. The number of para-hydroxylation sites is 2. The normalized spacial score (nSPS) is 11.0. The van der Waals surface area contributed by atoms with Gasteiger partial charge >= 0.3 is 0 Å². The van der Waals surface area contributed by atoms with E-state index >= 15 is 0 Å². The number of nitrogens with zero attached hydrogens (tertiary/aromatic N) is 3. The van der Waals surface area contributed by atoms with E-state index in [0.717, 1.165) is 0 Å². The molecule has 8 nitrogen and oxygen atoms in total. The zero-order valence-electron chi connectivity index (χ0n) is 11.6. The van der Waals surface area contributed by atoms with Crippen molar-refractivity contribution >= 4 is 22.8 Å². The van der Waals surface area contributed by atoms with Gasteiger partial charge in [-0.2, -0.15) is 5.10 Å². The quantitative estimate of drug-likeness (QED) is 0.517. The fraction of sp³-hybridized carbons (Fsp3) is 0.0714. The lowest BCUT2D eigenvalue weighted by Crippen LogP contribution is -2.02. The van der Waals surface area contributed by atoms with Gasteiger partial charge in [0.25, 0.3) is 11.4 Å². The number of hydrogen-bond donors (Lipinski definition) is 1. The van der Waals surface area contributed by atoms with Crippen molar-refractivity contribution in [3.63, 3.8) is 0 Å². The lowest BCUT2D eigenvalue weighted by Gasteiger charge is -2.04. The van der Waals surface area contributed by atoms with Gasteiger partial charge in [-0.15, -0.1) is 0 Å². The fourth-order valence-electron chi connectivity index (χ4n) is 1.78. The minimum atomic E-state index is -0.513. The molecule has 0 heterocycles. The number of non-ortho nitro benzene ring substituents is 1. The van der Waals surface area contributed by atoms with Crippen LogP contribution in [0.25, 0.3) is 0 Å². The fourth-order valence-corrected chi connectivity index (χ4v) is 1.78. The van der Waals surface area contributed by atoms with Crippen molar-refractivity contribution in [2.24, 2.45) is 5.10 Å². The molecular weight excluding hydrogens is 288 g/mol. The molecule has 0 aromatic heterocycles. The minimum Gasteiger partial charge on any atom is -0.271 e. The van der Waals surface area contributed by atoms with E-state index in [1.807, 2.05) is 0 Å². The smallest absolute Gasteiger partial charge is 0.271 e. The number of nitro benzene ring substituents is 2. The highest BCUT2D eigenvalue weighted by atomic mass is 16.6. The molecule has 0 saturated heterocycles. The second kappa shape index (κ2) is 6.44. The number of rotatable bonds is 5. The first-order valence-corrected chi connectivity index (χ1v) is 6.27. The Morgan fingerprint density at radius 1 is 1.05 bits per heavy atom. The highest BCUT2D eigenvalue weighted by Crippen LogP contribution is 2.23. The molecule has 2 aromatic carbocycles. The number of hydrogen-bond acceptors (Lipinski definition) is 6. The van der Waals surface area contributed by atoms with Crippen LogP contribution in [0.1, 0.15) is 12.5 Å². The Morgan fingerprint density at radius 2 is 1.77 bits per heavy atom. The summed E-state index contributed by atoms with van der Waals surface area (Å²) in [5.41, 5.74) is 3.75. The summed E-state index contributed by atoms with van der Waals surface area (Å²) < 4.78 is 0. The van der Waals surface area contributed by atoms with Gasteiger partial charge in [0.15, 0.2) is 0 Å². The van der Waals surface area contributed by atoms with Crippen molar-refractivity contribution < 1.29 is 9.85 Å². The monoisotopic (exact) mass is 300 g/mol. The molecule has 1 N–H and O–H groups in total. The lowest BCUT2D eigenvalue weighted by atomic mass is 10.1. The topological polar surface area (TPSA) is 111 Å². The molecule has 0 spiro atoms. The van der Waals surface area contributed by atoms with Gasteiger partial charge < -0.3 is 0 Å². The van der Waals surface area contributed by atoms with E-state index in [9.17, 15) is 20.2 Å². The molecule has 8 heteroatoms. The molecule has 0 fully saturated rings. The Labute approximate surface area is 125 Å². The number of benzene rings is 2. The molecule has 0 bridgehead atoms.